The lowest BCUT2D eigenvalue weighted by molar-refractivity contribution is -0.149. The van der Waals surface area contributed by atoms with Crippen LogP contribution in [-0.2, 0) is 0 Å². The molecule has 3 atom stereocenters. The maximum atomic E-state index is 13.0. The van der Waals surface area contributed by atoms with Gasteiger partial charge in [-0.05, 0) is 32.3 Å². The van der Waals surface area contributed by atoms with Crippen molar-refractivity contribution in [1.29, 1.82) is 5.26 Å². The number of pyridine rings is 1. The molecular weight excluding hydrogens is 519 g/mol. The predicted molar refractivity (Wildman–Crippen MR) is 130 cm³/mol. The van der Waals surface area contributed by atoms with Crippen LogP contribution >= 0.6 is 0 Å². The molecule has 15 heteroatoms. The highest BCUT2D eigenvalue weighted by Gasteiger charge is 2.39. The van der Waals surface area contributed by atoms with Gasteiger partial charge in [0.15, 0.2) is 5.65 Å². The second-order valence-electron chi connectivity index (χ2n) is 9.63. The van der Waals surface area contributed by atoms with Crippen LogP contribution in [0.4, 0.5) is 19.1 Å². The second-order valence-corrected chi connectivity index (χ2v) is 9.63. The fraction of sp³-hybridized carbons (Fsp3) is 0.542. The van der Waals surface area contributed by atoms with Gasteiger partial charge in [-0.15, -0.1) is 0 Å². The first kappa shape index (κ1) is 26.4. The first-order valence-corrected chi connectivity index (χ1v) is 12.5. The first-order chi connectivity index (χ1) is 18.7. The van der Waals surface area contributed by atoms with Crippen molar-refractivity contribution in [3.63, 3.8) is 0 Å². The zero-order valence-electron chi connectivity index (χ0n) is 21.2. The Balaban J connectivity index is 1.34. The molecule has 2 fully saturated rings. The normalized spacial score (nSPS) is 20.4. The molecule has 2 aliphatic rings. The summed E-state index contributed by atoms with van der Waals surface area (Å²) >= 11 is 0. The van der Waals surface area contributed by atoms with E-state index in [0.717, 1.165) is 18.0 Å². The zero-order valence-corrected chi connectivity index (χ0v) is 21.2. The van der Waals surface area contributed by atoms with E-state index in [1.54, 1.807) is 19.4 Å². The number of halogens is 3. The molecular formula is C24H26F3N9O3. The number of aromatic nitrogens is 6. The summed E-state index contributed by atoms with van der Waals surface area (Å²) < 4.78 is 50.2. The Morgan fingerprint density at radius 2 is 2.08 bits per heavy atom. The summed E-state index contributed by atoms with van der Waals surface area (Å²) in [5, 5.41) is 19.1. The van der Waals surface area contributed by atoms with Gasteiger partial charge < -0.3 is 19.7 Å². The summed E-state index contributed by atoms with van der Waals surface area (Å²) in [7, 11) is 1.58. The van der Waals surface area contributed by atoms with Crippen LogP contribution in [-0.4, -0.2) is 75.1 Å². The van der Waals surface area contributed by atoms with Crippen LogP contribution in [0.2, 0.25) is 0 Å². The van der Waals surface area contributed by atoms with E-state index in [2.05, 4.69) is 36.2 Å². The Bertz CT molecular complexity index is 1400. The number of nitrogens with one attached hydrogen (secondary N) is 2. The molecule has 1 saturated carbocycles. The number of anilines is 1. The summed E-state index contributed by atoms with van der Waals surface area (Å²) in [6, 6.07) is 1.66. The van der Waals surface area contributed by atoms with Crippen LogP contribution in [0.1, 0.15) is 48.4 Å². The highest BCUT2D eigenvalue weighted by atomic mass is 19.4. The van der Waals surface area contributed by atoms with Crippen LogP contribution in [0.15, 0.2) is 12.3 Å². The van der Waals surface area contributed by atoms with E-state index in [1.165, 1.54) is 0 Å². The number of methoxy groups -OCH3 is 1. The molecule has 3 aromatic heterocycles. The number of H-pyrrole nitrogens is 1. The lowest BCUT2D eigenvalue weighted by atomic mass is 9.92. The smallest absolute Gasteiger partial charge is 0.408 e. The van der Waals surface area contributed by atoms with E-state index in [1.807, 2.05) is 10.2 Å². The number of fused-ring (bicyclic) bond motifs is 1. The van der Waals surface area contributed by atoms with Gasteiger partial charge in [-0.3, -0.25) is 9.89 Å². The van der Waals surface area contributed by atoms with E-state index in [-0.39, 0.29) is 36.3 Å². The lowest BCUT2D eigenvalue weighted by Gasteiger charge is -2.31. The average Bonchev–Trinajstić information content (AvgIpc) is 3.57. The van der Waals surface area contributed by atoms with Crippen molar-refractivity contribution in [2.24, 2.45) is 11.8 Å². The van der Waals surface area contributed by atoms with Crippen molar-refractivity contribution in [3.05, 3.63) is 23.8 Å². The number of carbonyl (C=O) groups is 1. The highest BCUT2D eigenvalue weighted by molar-refractivity contribution is 5.91. The maximum Gasteiger partial charge on any atom is 0.408 e. The third-order valence-corrected chi connectivity index (χ3v) is 7.01. The number of nitriles is 1. The molecule has 1 aliphatic heterocycles. The number of nitrogens with zero attached hydrogens (tertiary/aromatic N) is 7. The van der Waals surface area contributed by atoms with Crippen molar-refractivity contribution in [2.45, 2.75) is 44.3 Å². The third kappa shape index (κ3) is 5.64. The molecule has 4 heterocycles. The minimum atomic E-state index is -4.62. The number of aromatic amines is 1. The van der Waals surface area contributed by atoms with Crippen molar-refractivity contribution >= 4 is 22.9 Å². The molecule has 0 radical (unpaired) electrons. The van der Waals surface area contributed by atoms with Crippen LogP contribution in [0, 0.1) is 23.2 Å². The fourth-order valence-electron chi connectivity index (χ4n) is 4.54. The van der Waals surface area contributed by atoms with Crippen LogP contribution in [0.3, 0.4) is 0 Å². The molecule has 1 saturated heterocycles. The second kappa shape index (κ2) is 10.5. The summed E-state index contributed by atoms with van der Waals surface area (Å²) in [5.74, 6) is -0.759. The van der Waals surface area contributed by atoms with Crippen molar-refractivity contribution < 1.29 is 27.4 Å². The Kier molecular flexibility index (Phi) is 7.11. The van der Waals surface area contributed by atoms with Gasteiger partial charge in [0, 0.05) is 31.1 Å². The number of rotatable bonds is 8. The predicted octanol–water partition coefficient (Wildman–Crippen LogP) is 2.75. The van der Waals surface area contributed by atoms with Gasteiger partial charge in [-0.1, -0.05) is 0 Å². The molecule has 39 heavy (non-hydrogen) atoms. The van der Waals surface area contributed by atoms with E-state index in [4.69, 9.17) is 14.7 Å². The number of amides is 1. The molecule has 5 rings (SSSR count). The Morgan fingerprint density at radius 3 is 2.74 bits per heavy atom. The Hall–Kier alpha value is -4.22. The molecule has 0 spiro atoms. The largest absolute Gasteiger partial charge is 0.496 e. The highest BCUT2D eigenvalue weighted by Crippen LogP contribution is 2.38. The van der Waals surface area contributed by atoms with Gasteiger partial charge in [0.1, 0.15) is 11.8 Å². The number of piperidine rings is 1. The van der Waals surface area contributed by atoms with Crippen molar-refractivity contribution in [1.82, 2.24) is 35.5 Å². The molecule has 2 N–H and O–H groups in total. The van der Waals surface area contributed by atoms with E-state index < -0.39 is 23.9 Å². The van der Waals surface area contributed by atoms with Crippen molar-refractivity contribution in [2.75, 3.05) is 31.7 Å². The fourth-order valence-corrected chi connectivity index (χ4v) is 4.54. The first-order valence-electron chi connectivity index (χ1n) is 12.5. The van der Waals surface area contributed by atoms with Gasteiger partial charge >= 0.3 is 12.2 Å². The molecule has 3 aromatic rings. The SMILES string of the molecule is COc1ccnc2n[nH]c(C3CCN(c4nc(OC[C@H]5C[C@H]5C#N)nc(C(=O)N[C@@H](C)C(F)(F)F)n4)CC3)c12. The lowest BCUT2D eigenvalue weighted by Crippen LogP contribution is -2.44. The van der Waals surface area contributed by atoms with Gasteiger partial charge in [0.05, 0.1) is 36.8 Å². The van der Waals surface area contributed by atoms with E-state index in [0.29, 0.717) is 43.7 Å². The molecule has 0 bridgehead atoms. The Morgan fingerprint density at radius 1 is 1.31 bits per heavy atom. The summed E-state index contributed by atoms with van der Waals surface area (Å²) in [6.45, 7) is 1.99. The number of alkyl halides is 3. The van der Waals surface area contributed by atoms with Crippen LogP contribution < -0.4 is 19.7 Å². The zero-order chi connectivity index (χ0) is 27.7. The average molecular weight is 546 g/mol. The van der Waals surface area contributed by atoms with Gasteiger partial charge in [0.2, 0.25) is 11.8 Å². The third-order valence-electron chi connectivity index (χ3n) is 7.01. The van der Waals surface area contributed by atoms with Crippen molar-refractivity contribution in [3.8, 4) is 17.8 Å². The molecule has 0 unspecified atom stereocenters. The Labute approximate surface area is 220 Å². The van der Waals surface area contributed by atoms with E-state index >= 15 is 0 Å². The standard InChI is InChI=1S/C24H26F3N9O3/c1-12(24(25,26)27)30-21(37)20-31-22(33-23(32-20)39-11-15-9-14(15)10-28)36-7-4-13(5-8-36)18-17-16(38-2)3-6-29-19(17)35-34-18/h3,6,12-15H,4-5,7-9,11H2,1-2H3,(H,30,37)(H,29,34,35)/t12-,14-,15+/m0/s1. The van der Waals surface area contributed by atoms with E-state index in [9.17, 15) is 18.0 Å². The van der Waals surface area contributed by atoms with Crippen LogP contribution in [0.5, 0.6) is 11.8 Å². The topological polar surface area (TPSA) is 155 Å². The number of hydrogen-bond acceptors (Lipinski definition) is 10. The molecule has 206 valence electrons. The van der Waals surface area contributed by atoms with Gasteiger partial charge in [0.25, 0.3) is 5.91 Å². The summed E-state index contributed by atoms with van der Waals surface area (Å²) in [5.41, 5.74) is 1.47. The quantitative estimate of drug-likeness (QED) is 0.432. The van der Waals surface area contributed by atoms with Gasteiger partial charge in [-0.2, -0.15) is 38.5 Å². The summed E-state index contributed by atoms with van der Waals surface area (Å²) in [6.07, 6.45) is -0.964. The van der Waals surface area contributed by atoms with Gasteiger partial charge in [-0.25, -0.2) is 4.98 Å². The molecule has 0 aromatic carbocycles. The molecule has 1 amide bonds. The number of carbonyl (C=O) groups excluding carboxylic acids is 1. The number of ether oxygens (including phenoxy) is 2. The molecule has 12 nitrogen and oxygen atoms in total. The molecule has 1 aliphatic carbocycles. The minimum absolute atomic E-state index is 0.0178. The van der Waals surface area contributed by atoms with Crippen LogP contribution in [0.25, 0.3) is 11.0 Å². The maximum absolute atomic E-state index is 13.0. The minimum Gasteiger partial charge on any atom is -0.496 e. The number of hydrogen-bond donors (Lipinski definition) is 2. The monoisotopic (exact) mass is 545 g/mol. The summed E-state index contributed by atoms with van der Waals surface area (Å²) in [4.78, 5) is 31.2.